The third-order valence-electron chi connectivity index (χ3n) is 3.08. The molecule has 0 bridgehead atoms. The summed E-state index contributed by atoms with van der Waals surface area (Å²) in [5.74, 6) is 0.916. The second-order valence-electron chi connectivity index (χ2n) is 4.38. The largest absolute Gasteiger partial charge is 0.479 e. The lowest BCUT2D eigenvalue weighted by atomic mass is 10.4. The highest BCUT2D eigenvalue weighted by Gasteiger charge is 2.18. The van der Waals surface area contributed by atoms with E-state index < -0.39 is 7.92 Å². The SMILES string of the molecule is c1ccc(P(CC2=NCCO2)c2ccccc2)cc1. The van der Waals surface area contributed by atoms with Crippen LogP contribution in [0.3, 0.4) is 0 Å². The van der Waals surface area contributed by atoms with Gasteiger partial charge in [-0.2, -0.15) is 0 Å². The molecule has 1 heterocycles. The van der Waals surface area contributed by atoms with Crippen LogP contribution in [0.1, 0.15) is 0 Å². The maximum Gasteiger partial charge on any atom is 0.188 e. The van der Waals surface area contributed by atoms with E-state index in [0.717, 1.165) is 25.2 Å². The van der Waals surface area contributed by atoms with Crippen molar-refractivity contribution in [3.05, 3.63) is 60.7 Å². The van der Waals surface area contributed by atoms with Gasteiger partial charge < -0.3 is 4.74 Å². The minimum absolute atomic E-state index is 0.418. The van der Waals surface area contributed by atoms with Crippen molar-refractivity contribution in [3.63, 3.8) is 0 Å². The van der Waals surface area contributed by atoms with E-state index in [0.29, 0.717) is 0 Å². The fourth-order valence-corrected chi connectivity index (χ4v) is 4.35. The van der Waals surface area contributed by atoms with Crippen LogP contribution in [0.4, 0.5) is 0 Å². The standard InChI is InChI=1S/C16H16NOP/c1-3-7-14(8-4-1)19(13-16-17-11-12-18-16)15-9-5-2-6-10-15/h1-10H,11-13H2. The summed E-state index contributed by atoms with van der Waals surface area (Å²) < 4.78 is 5.59. The smallest absolute Gasteiger partial charge is 0.188 e. The molecule has 1 aliphatic heterocycles. The van der Waals surface area contributed by atoms with Crippen molar-refractivity contribution in [2.45, 2.75) is 0 Å². The molecule has 0 amide bonds. The molecule has 0 saturated carbocycles. The van der Waals surface area contributed by atoms with Crippen molar-refractivity contribution in [3.8, 4) is 0 Å². The van der Waals surface area contributed by atoms with Crippen molar-refractivity contribution in [1.82, 2.24) is 0 Å². The van der Waals surface area contributed by atoms with Crippen LogP contribution < -0.4 is 10.6 Å². The van der Waals surface area contributed by atoms with Gasteiger partial charge in [-0.1, -0.05) is 60.7 Å². The number of hydrogen-bond acceptors (Lipinski definition) is 2. The third kappa shape index (κ3) is 3.02. The average Bonchev–Trinajstić information content (AvgIpc) is 3.00. The summed E-state index contributed by atoms with van der Waals surface area (Å²) >= 11 is 0. The van der Waals surface area contributed by atoms with Gasteiger partial charge in [0.05, 0.1) is 12.7 Å². The van der Waals surface area contributed by atoms with Gasteiger partial charge in [0.15, 0.2) is 5.90 Å². The Bertz CT molecular complexity index is 514. The molecule has 0 unspecified atom stereocenters. The van der Waals surface area contributed by atoms with E-state index in [-0.39, 0.29) is 0 Å². The predicted octanol–water partition coefficient (Wildman–Crippen LogP) is 2.55. The van der Waals surface area contributed by atoms with E-state index >= 15 is 0 Å². The van der Waals surface area contributed by atoms with Crippen LogP contribution >= 0.6 is 7.92 Å². The van der Waals surface area contributed by atoms with Crippen LogP contribution in [0, 0.1) is 0 Å². The molecular weight excluding hydrogens is 253 g/mol. The first-order valence-corrected chi connectivity index (χ1v) is 8.00. The van der Waals surface area contributed by atoms with Gasteiger partial charge in [0, 0.05) is 0 Å². The zero-order valence-corrected chi connectivity index (χ0v) is 11.6. The molecule has 2 aromatic carbocycles. The van der Waals surface area contributed by atoms with Gasteiger partial charge in [-0.25, -0.2) is 0 Å². The Morgan fingerprint density at radius 1 is 0.895 bits per heavy atom. The highest BCUT2D eigenvalue weighted by molar-refractivity contribution is 7.73. The Balaban J connectivity index is 1.91. The van der Waals surface area contributed by atoms with Crippen molar-refractivity contribution in [2.75, 3.05) is 19.3 Å². The van der Waals surface area contributed by atoms with E-state index in [2.05, 4.69) is 65.7 Å². The van der Waals surface area contributed by atoms with Crippen LogP contribution in [0.15, 0.2) is 65.7 Å². The maximum absolute atomic E-state index is 5.59. The second-order valence-corrected chi connectivity index (χ2v) is 6.59. The number of hydrogen-bond donors (Lipinski definition) is 0. The fraction of sp³-hybridized carbons (Fsp3) is 0.188. The first-order chi connectivity index (χ1) is 9.43. The zero-order valence-electron chi connectivity index (χ0n) is 10.7. The quantitative estimate of drug-likeness (QED) is 0.782. The summed E-state index contributed by atoms with van der Waals surface area (Å²) in [6.07, 6.45) is 0.906. The summed E-state index contributed by atoms with van der Waals surface area (Å²) in [5.41, 5.74) is 0. The summed E-state index contributed by atoms with van der Waals surface area (Å²) in [5, 5.41) is 2.75. The first kappa shape index (κ1) is 12.4. The van der Waals surface area contributed by atoms with Crippen LogP contribution in [0.5, 0.6) is 0 Å². The van der Waals surface area contributed by atoms with E-state index in [4.69, 9.17) is 4.74 Å². The van der Waals surface area contributed by atoms with Crippen LogP contribution in [0.25, 0.3) is 0 Å². The number of ether oxygens (including phenoxy) is 1. The molecule has 0 atom stereocenters. The molecule has 0 saturated heterocycles. The Morgan fingerprint density at radius 3 is 1.95 bits per heavy atom. The molecule has 2 nitrogen and oxygen atoms in total. The van der Waals surface area contributed by atoms with E-state index in [1.165, 1.54) is 10.6 Å². The molecule has 0 N–H and O–H groups in total. The van der Waals surface area contributed by atoms with Gasteiger partial charge in [-0.15, -0.1) is 0 Å². The lowest BCUT2D eigenvalue weighted by Gasteiger charge is -2.18. The molecule has 0 aliphatic carbocycles. The van der Waals surface area contributed by atoms with E-state index in [1.807, 2.05) is 0 Å². The molecule has 96 valence electrons. The molecule has 0 radical (unpaired) electrons. The zero-order chi connectivity index (χ0) is 12.9. The van der Waals surface area contributed by atoms with Gasteiger partial charge in [-0.3, -0.25) is 4.99 Å². The summed E-state index contributed by atoms with van der Waals surface area (Å²) in [6, 6.07) is 21.3. The molecule has 19 heavy (non-hydrogen) atoms. The molecule has 3 heteroatoms. The Labute approximate surface area is 114 Å². The van der Waals surface area contributed by atoms with E-state index in [1.54, 1.807) is 0 Å². The van der Waals surface area contributed by atoms with Gasteiger partial charge in [0.2, 0.25) is 0 Å². The number of nitrogens with zero attached hydrogens (tertiary/aromatic N) is 1. The van der Waals surface area contributed by atoms with Gasteiger partial charge in [0.1, 0.15) is 6.61 Å². The number of aliphatic imine (C=N–C) groups is 1. The minimum Gasteiger partial charge on any atom is -0.479 e. The van der Waals surface area contributed by atoms with Gasteiger partial charge in [-0.05, 0) is 18.5 Å². The highest BCUT2D eigenvalue weighted by Crippen LogP contribution is 2.33. The summed E-state index contributed by atoms with van der Waals surface area (Å²) in [6.45, 7) is 1.55. The summed E-state index contributed by atoms with van der Waals surface area (Å²) in [7, 11) is -0.418. The monoisotopic (exact) mass is 269 g/mol. The molecular formula is C16H16NOP. The Kier molecular flexibility index (Phi) is 3.90. The van der Waals surface area contributed by atoms with Crippen molar-refractivity contribution in [2.24, 2.45) is 4.99 Å². The van der Waals surface area contributed by atoms with Gasteiger partial charge >= 0.3 is 0 Å². The van der Waals surface area contributed by atoms with Crippen molar-refractivity contribution >= 4 is 24.4 Å². The topological polar surface area (TPSA) is 21.6 Å². The second kappa shape index (κ2) is 5.99. The first-order valence-electron chi connectivity index (χ1n) is 6.47. The molecule has 0 fully saturated rings. The van der Waals surface area contributed by atoms with Crippen LogP contribution in [0.2, 0.25) is 0 Å². The minimum atomic E-state index is -0.418. The fourth-order valence-electron chi connectivity index (χ4n) is 2.16. The Morgan fingerprint density at radius 2 is 1.47 bits per heavy atom. The molecule has 1 aliphatic rings. The van der Waals surface area contributed by atoms with Crippen LogP contribution in [-0.4, -0.2) is 25.2 Å². The predicted molar refractivity (Wildman–Crippen MR) is 82.2 cm³/mol. The van der Waals surface area contributed by atoms with Crippen molar-refractivity contribution in [1.29, 1.82) is 0 Å². The number of benzene rings is 2. The molecule has 0 aromatic heterocycles. The highest BCUT2D eigenvalue weighted by atomic mass is 31.1. The third-order valence-corrected chi connectivity index (χ3v) is 5.51. The number of rotatable bonds is 4. The normalized spacial score (nSPS) is 14.3. The average molecular weight is 269 g/mol. The maximum atomic E-state index is 5.59. The Hall–Kier alpha value is -1.66. The molecule has 3 rings (SSSR count). The summed E-state index contributed by atoms with van der Waals surface area (Å²) in [4.78, 5) is 4.44. The molecule has 2 aromatic rings. The lowest BCUT2D eigenvalue weighted by molar-refractivity contribution is 0.345. The molecule has 0 spiro atoms. The lowest BCUT2D eigenvalue weighted by Crippen LogP contribution is -2.18. The van der Waals surface area contributed by atoms with Crippen LogP contribution in [-0.2, 0) is 4.74 Å². The van der Waals surface area contributed by atoms with E-state index in [9.17, 15) is 0 Å². The van der Waals surface area contributed by atoms with Gasteiger partial charge in [0.25, 0.3) is 0 Å². The van der Waals surface area contributed by atoms with Crippen molar-refractivity contribution < 1.29 is 4.74 Å².